The van der Waals surface area contributed by atoms with E-state index in [4.69, 9.17) is 9.15 Å². The Morgan fingerprint density at radius 3 is 2.79 bits per heavy atom. The Hall–Kier alpha value is -3.32. The Kier molecular flexibility index (Phi) is 6.99. The molecule has 0 aliphatic rings. The number of furan rings is 1. The van der Waals surface area contributed by atoms with E-state index in [1.807, 2.05) is 48.1 Å². The van der Waals surface area contributed by atoms with Crippen molar-refractivity contribution in [1.29, 1.82) is 0 Å². The molecule has 2 heterocycles. The zero-order chi connectivity index (χ0) is 23.4. The van der Waals surface area contributed by atoms with Gasteiger partial charge in [-0.15, -0.1) is 0 Å². The van der Waals surface area contributed by atoms with Gasteiger partial charge in [0.25, 0.3) is 5.91 Å². The number of ether oxygens (including phenoxy) is 1. The minimum Gasteiger partial charge on any atom is -0.485 e. The molecule has 0 fully saturated rings. The van der Waals surface area contributed by atoms with Gasteiger partial charge in [0.15, 0.2) is 5.76 Å². The molecule has 0 saturated carbocycles. The highest BCUT2D eigenvalue weighted by atomic mass is 79.9. The number of aryl methyl sites for hydroxylation is 1. The first-order chi connectivity index (χ1) is 15.9. The van der Waals surface area contributed by atoms with Crippen LogP contribution in [-0.2, 0) is 13.2 Å². The Morgan fingerprint density at radius 1 is 1.18 bits per heavy atom. The predicted molar refractivity (Wildman–Crippen MR) is 132 cm³/mol. The van der Waals surface area contributed by atoms with Gasteiger partial charge in [-0.3, -0.25) is 9.48 Å². The number of amides is 1. The summed E-state index contributed by atoms with van der Waals surface area (Å²) in [6.45, 7) is 7.17. The van der Waals surface area contributed by atoms with Crippen molar-refractivity contribution >= 4 is 27.5 Å². The summed E-state index contributed by atoms with van der Waals surface area (Å²) < 4.78 is 14.5. The van der Waals surface area contributed by atoms with Crippen molar-refractivity contribution in [2.24, 2.45) is 0 Å². The second-order valence-electron chi connectivity index (χ2n) is 8.26. The van der Waals surface area contributed by atoms with Crippen LogP contribution in [-0.4, -0.2) is 15.7 Å². The van der Waals surface area contributed by atoms with Crippen molar-refractivity contribution in [3.05, 3.63) is 99.7 Å². The highest BCUT2D eigenvalue weighted by molar-refractivity contribution is 9.10. The second kappa shape index (κ2) is 10.1. The number of benzene rings is 2. The van der Waals surface area contributed by atoms with Gasteiger partial charge in [0.05, 0.1) is 17.2 Å². The van der Waals surface area contributed by atoms with E-state index in [0.29, 0.717) is 23.9 Å². The number of carbonyl (C=O) groups is 1. The van der Waals surface area contributed by atoms with E-state index in [9.17, 15) is 4.79 Å². The molecule has 4 aromatic rings. The number of rotatable bonds is 8. The number of anilines is 1. The number of nitrogens with zero attached hydrogens (tertiary/aromatic N) is 2. The number of carbonyl (C=O) groups excluding carboxylic acids is 1. The maximum Gasteiger partial charge on any atom is 0.291 e. The molecule has 1 N–H and O–H groups in total. The average Bonchev–Trinajstić information content (AvgIpc) is 3.41. The van der Waals surface area contributed by atoms with E-state index in [1.165, 1.54) is 0 Å². The topological polar surface area (TPSA) is 69.3 Å². The van der Waals surface area contributed by atoms with Crippen LogP contribution in [0.25, 0.3) is 0 Å². The zero-order valence-electron chi connectivity index (χ0n) is 18.8. The van der Waals surface area contributed by atoms with E-state index >= 15 is 0 Å². The summed E-state index contributed by atoms with van der Waals surface area (Å²) in [5.41, 5.74) is 4.00. The average molecular weight is 508 g/mol. The molecular formula is C26H26BrN3O3. The quantitative estimate of drug-likeness (QED) is 0.293. The lowest BCUT2D eigenvalue weighted by Gasteiger charge is -2.14. The van der Waals surface area contributed by atoms with Gasteiger partial charge in [-0.1, -0.05) is 38.1 Å². The summed E-state index contributed by atoms with van der Waals surface area (Å²) in [6, 6.07) is 17.3. The second-order valence-corrected chi connectivity index (χ2v) is 9.18. The Labute approximate surface area is 201 Å². The largest absolute Gasteiger partial charge is 0.485 e. The van der Waals surface area contributed by atoms with E-state index in [1.54, 1.807) is 18.3 Å². The third kappa shape index (κ3) is 5.93. The van der Waals surface area contributed by atoms with Gasteiger partial charge in [0.1, 0.15) is 18.1 Å². The van der Waals surface area contributed by atoms with Crippen molar-refractivity contribution in [2.75, 3.05) is 5.32 Å². The molecule has 1 amide bonds. The van der Waals surface area contributed by atoms with Crippen LogP contribution in [0.2, 0.25) is 0 Å². The zero-order valence-corrected chi connectivity index (χ0v) is 20.4. The first-order valence-corrected chi connectivity index (χ1v) is 11.6. The molecule has 4 rings (SSSR count). The number of hydrogen-bond acceptors (Lipinski definition) is 4. The van der Waals surface area contributed by atoms with E-state index in [2.05, 4.69) is 52.3 Å². The van der Waals surface area contributed by atoms with E-state index in [0.717, 1.165) is 26.9 Å². The van der Waals surface area contributed by atoms with Gasteiger partial charge >= 0.3 is 0 Å². The van der Waals surface area contributed by atoms with Crippen LogP contribution in [0, 0.1) is 6.92 Å². The lowest BCUT2D eigenvalue weighted by molar-refractivity contribution is 0.0992. The van der Waals surface area contributed by atoms with Crippen molar-refractivity contribution in [2.45, 2.75) is 39.8 Å². The predicted octanol–water partition coefficient (Wildman–Crippen LogP) is 6.55. The maximum absolute atomic E-state index is 12.7. The third-order valence-electron chi connectivity index (χ3n) is 5.18. The van der Waals surface area contributed by atoms with Crippen molar-refractivity contribution in [1.82, 2.24) is 9.78 Å². The lowest BCUT2D eigenvalue weighted by Crippen LogP contribution is -2.11. The summed E-state index contributed by atoms with van der Waals surface area (Å²) >= 11 is 3.40. The molecule has 33 heavy (non-hydrogen) atoms. The van der Waals surface area contributed by atoms with Gasteiger partial charge in [0.2, 0.25) is 0 Å². The summed E-state index contributed by atoms with van der Waals surface area (Å²) in [5.74, 6) is 1.72. The molecule has 0 aliphatic carbocycles. The summed E-state index contributed by atoms with van der Waals surface area (Å²) in [6.07, 6.45) is 3.64. The number of aromatic nitrogens is 2. The summed E-state index contributed by atoms with van der Waals surface area (Å²) in [5, 5.41) is 7.16. The fourth-order valence-corrected chi connectivity index (χ4v) is 3.85. The number of nitrogens with one attached hydrogen (secondary N) is 1. The molecule has 0 aliphatic heterocycles. The van der Waals surface area contributed by atoms with Crippen LogP contribution in [0.3, 0.4) is 0 Å². The highest BCUT2D eigenvalue weighted by Crippen LogP contribution is 2.28. The van der Waals surface area contributed by atoms with Gasteiger partial charge in [-0.2, -0.15) is 5.10 Å². The molecule has 6 nitrogen and oxygen atoms in total. The highest BCUT2D eigenvalue weighted by Gasteiger charge is 2.14. The monoisotopic (exact) mass is 507 g/mol. The lowest BCUT2D eigenvalue weighted by atomic mass is 10.0. The van der Waals surface area contributed by atoms with Crippen LogP contribution < -0.4 is 10.1 Å². The maximum atomic E-state index is 12.7. The normalized spacial score (nSPS) is 11.1. The smallest absolute Gasteiger partial charge is 0.291 e. The number of halogens is 1. The van der Waals surface area contributed by atoms with Gasteiger partial charge in [-0.25, -0.2) is 0 Å². The fourth-order valence-electron chi connectivity index (χ4n) is 3.52. The molecule has 0 unspecified atom stereocenters. The summed E-state index contributed by atoms with van der Waals surface area (Å²) in [4.78, 5) is 12.7. The Bertz CT molecular complexity index is 1260. The molecule has 170 valence electrons. The first kappa shape index (κ1) is 22.9. The molecule has 0 atom stereocenters. The molecule has 0 saturated heterocycles. The van der Waals surface area contributed by atoms with Crippen LogP contribution in [0.4, 0.5) is 5.69 Å². The fraction of sp³-hybridized carbons (Fsp3) is 0.231. The van der Waals surface area contributed by atoms with Crippen LogP contribution in [0.5, 0.6) is 5.75 Å². The molecule has 2 aromatic carbocycles. The van der Waals surface area contributed by atoms with Gasteiger partial charge in [0, 0.05) is 11.9 Å². The van der Waals surface area contributed by atoms with E-state index < -0.39 is 0 Å². The van der Waals surface area contributed by atoms with Crippen molar-refractivity contribution in [3.8, 4) is 5.75 Å². The van der Waals surface area contributed by atoms with E-state index in [-0.39, 0.29) is 18.3 Å². The standard InChI is InChI=1S/C26H26BrN3O3/c1-17(2)23-9-7-18(3)11-25(23)32-16-22-8-10-24(33-22)26(31)29-21-6-4-5-19(12-21)14-30-15-20(27)13-28-30/h4-13,15,17H,14,16H2,1-3H3,(H,29,31). The van der Waals surface area contributed by atoms with Crippen molar-refractivity contribution in [3.63, 3.8) is 0 Å². The Balaban J connectivity index is 1.38. The molecule has 0 bridgehead atoms. The molecule has 0 spiro atoms. The molecular weight excluding hydrogens is 482 g/mol. The number of hydrogen-bond donors (Lipinski definition) is 1. The SMILES string of the molecule is Cc1ccc(C(C)C)c(OCc2ccc(C(=O)Nc3cccc(Cn4cc(Br)cn4)c3)o2)c1. The summed E-state index contributed by atoms with van der Waals surface area (Å²) in [7, 11) is 0. The molecule has 7 heteroatoms. The van der Waals surface area contributed by atoms with Crippen LogP contribution in [0.15, 0.2) is 75.9 Å². The van der Waals surface area contributed by atoms with Crippen LogP contribution >= 0.6 is 15.9 Å². The third-order valence-corrected chi connectivity index (χ3v) is 5.59. The first-order valence-electron chi connectivity index (χ1n) is 10.8. The van der Waals surface area contributed by atoms with Crippen LogP contribution in [0.1, 0.15) is 52.8 Å². The molecule has 0 radical (unpaired) electrons. The van der Waals surface area contributed by atoms with Crippen molar-refractivity contribution < 1.29 is 13.9 Å². The minimum absolute atomic E-state index is 0.239. The van der Waals surface area contributed by atoms with Gasteiger partial charge in [-0.05, 0) is 75.8 Å². The molecule has 2 aromatic heterocycles. The van der Waals surface area contributed by atoms with Gasteiger partial charge < -0.3 is 14.5 Å². The minimum atomic E-state index is -0.307. The Morgan fingerprint density at radius 2 is 2.03 bits per heavy atom.